The van der Waals surface area contributed by atoms with Crippen molar-refractivity contribution in [2.75, 3.05) is 26.9 Å². The van der Waals surface area contributed by atoms with Crippen LogP contribution >= 0.6 is 0 Å². The Bertz CT molecular complexity index is 289. The molecule has 0 bridgehead atoms. The van der Waals surface area contributed by atoms with Crippen molar-refractivity contribution in [3.8, 4) is 0 Å². The van der Waals surface area contributed by atoms with Crippen LogP contribution in [-0.4, -0.2) is 60.4 Å². The van der Waals surface area contributed by atoms with E-state index in [9.17, 15) is 9.59 Å². The summed E-state index contributed by atoms with van der Waals surface area (Å²) in [5.41, 5.74) is -1.01. The molecule has 1 atom stereocenters. The van der Waals surface area contributed by atoms with E-state index in [0.29, 0.717) is 6.61 Å². The van der Waals surface area contributed by atoms with Crippen LogP contribution in [0.3, 0.4) is 0 Å². The number of nitrogens with zero attached hydrogens (tertiary/aromatic N) is 1. The molecule has 1 amide bonds. The lowest BCUT2D eigenvalue weighted by atomic mass is 10.1. The summed E-state index contributed by atoms with van der Waals surface area (Å²) in [6.45, 7) is 3.90. The molecule has 92 valence electrons. The lowest BCUT2D eigenvalue weighted by Crippen LogP contribution is -2.58. The number of hydrogen-bond donors (Lipinski definition) is 1. The second kappa shape index (κ2) is 4.80. The van der Waals surface area contributed by atoms with E-state index in [4.69, 9.17) is 14.6 Å². The Morgan fingerprint density at radius 2 is 2.12 bits per heavy atom. The maximum atomic E-state index is 12.0. The second-order valence-corrected chi connectivity index (χ2v) is 4.14. The van der Waals surface area contributed by atoms with Gasteiger partial charge in [0.2, 0.25) is 0 Å². The Labute approximate surface area is 94.1 Å². The monoisotopic (exact) mass is 231 g/mol. The van der Waals surface area contributed by atoms with Crippen LogP contribution < -0.4 is 0 Å². The van der Waals surface area contributed by atoms with Gasteiger partial charge in [-0.15, -0.1) is 0 Å². The normalized spacial score (nSPS) is 21.9. The van der Waals surface area contributed by atoms with Gasteiger partial charge in [0.25, 0.3) is 5.91 Å². The summed E-state index contributed by atoms with van der Waals surface area (Å²) in [6.07, 6.45) is 0. The average Bonchev–Trinajstić information content (AvgIpc) is 2.28. The van der Waals surface area contributed by atoms with Crippen molar-refractivity contribution < 1.29 is 24.2 Å². The van der Waals surface area contributed by atoms with Gasteiger partial charge in [0.15, 0.2) is 6.04 Å². The van der Waals surface area contributed by atoms with Gasteiger partial charge in [0.05, 0.1) is 13.2 Å². The van der Waals surface area contributed by atoms with E-state index in [0.717, 1.165) is 0 Å². The van der Waals surface area contributed by atoms with Crippen LogP contribution in [0, 0.1) is 0 Å². The van der Waals surface area contributed by atoms with Crippen molar-refractivity contribution in [2.45, 2.75) is 25.5 Å². The Morgan fingerprint density at radius 1 is 1.50 bits per heavy atom. The van der Waals surface area contributed by atoms with Crippen LogP contribution in [0.1, 0.15) is 13.8 Å². The number of ether oxygens (including phenoxy) is 2. The molecule has 0 aromatic heterocycles. The molecule has 0 saturated carbocycles. The van der Waals surface area contributed by atoms with E-state index in [-0.39, 0.29) is 19.1 Å². The highest BCUT2D eigenvalue weighted by molar-refractivity contribution is 5.89. The highest BCUT2D eigenvalue weighted by Crippen LogP contribution is 2.17. The van der Waals surface area contributed by atoms with Crippen molar-refractivity contribution in [1.29, 1.82) is 0 Å². The molecule has 0 aliphatic carbocycles. The minimum absolute atomic E-state index is 0.0286. The molecule has 0 aromatic carbocycles. The van der Waals surface area contributed by atoms with E-state index in [1.807, 2.05) is 0 Å². The van der Waals surface area contributed by atoms with Crippen LogP contribution in [0.5, 0.6) is 0 Å². The van der Waals surface area contributed by atoms with E-state index in [1.54, 1.807) is 13.8 Å². The number of carboxylic acid groups (broad SMARTS) is 1. The van der Waals surface area contributed by atoms with E-state index >= 15 is 0 Å². The SMILES string of the molecule is COC(C)(C)C(=O)N1CCOCC1C(=O)O. The third kappa shape index (κ3) is 2.51. The zero-order valence-electron chi connectivity index (χ0n) is 9.73. The summed E-state index contributed by atoms with van der Waals surface area (Å²) >= 11 is 0. The largest absolute Gasteiger partial charge is 0.480 e. The quantitative estimate of drug-likeness (QED) is 0.723. The lowest BCUT2D eigenvalue weighted by Gasteiger charge is -2.37. The first-order chi connectivity index (χ1) is 7.40. The van der Waals surface area contributed by atoms with Crippen molar-refractivity contribution >= 4 is 11.9 Å². The predicted octanol–water partition coefficient (Wildman–Crippen LogP) is -0.277. The highest BCUT2D eigenvalue weighted by atomic mass is 16.5. The molecule has 1 fully saturated rings. The smallest absolute Gasteiger partial charge is 0.328 e. The molecule has 0 spiro atoms. The molecule has 0 aromatic rings. The molecule has 0 radical (unpaired) electrons. The molecule has 6 nitrogen and oxygen atoms in total. The predicted molar refractivity (Wildman–Crippen MR) is 55.0 cm³/mol. The maximum absolute atomic E-state index is 12.0. The number of morpholine rings is 1. The number of hydrogen-bond acceptors (Lipinski definition) is 4. The van der Waals surface area contributed by atoms with Gasteiger partial charge in [-0.25, -0.2) is 4.79 Å². The van der Waals surface area contributed by atoms with Crippen molar-refractivity contribution in [3.63, 3.8) is 0 Å². The first kappa shape index (κ1) is 12.9. The first-order valence-corrected chi connectivity index (χ1v) is 5.07. The molecule has 1 rings (SSSR count). The number of carboxylic acids is 1. The van der Waals surface area contributed by atoms with Crippen LogP contribution in [0.15, 0.2) is 0 Å². The fourth-order valence-electron chi connectivity index (χ4n) is 1.48. The van der Waals surface area contributed by atoms with Gasteiger partial charge in [-0.2, -0.15) is 0 Å². The Hall–Kier alpha value is -1.14. The zero-order valence-corrected chi connectivity index (χ0v) is 9.73. The van der Waals surface area contributed by atoms with E-state index in [1.165, 1.54) is 12.0 Å². The number of aliphatic carboxylic acids is 1. The highest BCUT2D eigenvalue weighted by Gasteiger charge is 2.39. The van der Waals surface area contributed by atoms with Gasteiger partial charge < -0.3 is 19.5 Å². The van der Waals surface area contributed by atoms with Crippen LogP contribution in [0.4, 0.5) is 0 Å². The molecular formula is C10H17NO5. The summed E-state index contributed by atoms with van der Waals surface area (Å²) in [5, 5.41) is 8.98. The van der Waals surface area contributed by atoms with Crippen molar-refractivity contribution in [2.24, 2.45) is 0 Å². The summed E-state index contributed by atoms with van der Waals surface area (Å²) < 4.78 is 10.1. The van der Waals surface area contributed by atoms with Crippen LogP contribution in [0.2, 0.25) is 0 Å². The molecular weight excluding hydrogens is 214 g/mol. The molecule has 1 aliphatic heterocycles. The van der Waals surface area contributed by atoms with Gasteiger partial charge in [-0.05, 0) is 13.8 Å². The minimum atomic E-state index is -1.06. The topological polar surface area (TPSA) is 76.1 Å². The number of carbonyl (C=O) groups excluding carboxylic acids is 1. The Morgan fingerprint density at radius 3 is 2.62 bits per heavy atom. The molecule has 6 heteroatoms. The maximum Gasteiger partial charge on any atom is 0.328 e. The number of methoxy groups -OCH3 is 1. The zero-order chi connectivity index (χ0) is 12.3. The molecule has 1 aliphatic rings. The number of rotatable bonds is 3. The van der Waals surface area contributed by atoms with E-state index in [2.05, 4.69) is 0 Å². The molecule has 1 N–H and O–H groups in total. The minimum Gasteiger partial charge on any atom is -0.480 e. The van der Waals surface area contributed by atoms with E-state index < -0.39 is 17.6 Å². The third-order valence-corrected chi connectivity index (χ3v) is 2.70. The average molecular weight is 231 g/mol. The number of amides is 1. The summed E-state index contributed by atoms with van der Waals surface area (Å²) in [5.74, 6) is -1.38. The van der Waals surface area contributed by atoms with Crippen LogP contribution in [-0.2, 0) is 19.1 Å². The van der Waals surface area contributed by atoms with Gasteiger partial charge >= 0.3 is 5.97 Å². The Balaban J connectivity index is 2.83. The number of carbonyl (C=O) groups is 2. The Kier molecular flexibility index (Phi) is 3.88. The van der Waals surface area contributed by atoms with Crippen LogP contribution in [0.25, 0.3) is 0 Å². The van der Waals surface area contributed by atoms with Gasteiger partial charge in [0.1, 0.15) is 5.60 Å². The molecule has 1 unspecified atom stereocenters. The summed E-state index contributed by atoms with van der Waals surface area (Å²) in [4.78, 5) is 24.3. The first-order valence-electron chi connectivity index (χ1n) is 5.07. The van der Waals surface area contributed by atoms with Crippen molar-refractivity contribution in [3.05, 3.63) is 0 Å². The lowest BCUT2D eigenvalue weighted by molar-refractivity contribution is -0.168. The molecule has 16 heavy (non-hydrogen) atoms. The van der Waals surface area contributed by atoms with Crippen molar-refractivity contribution in [1.82, 2.24) is 4.90 Å². The van der Waals surface area contributed by atoms with Gasteiger partial charge in [0, 0.05) is 13.7 Å². The fourth-order valence-corrected chi connectivity index (χ4v) is 1.48. The summed E-state index contributed by atoms with van der Waals surface area (Å²) in [6, 6.07) is -0.921. The third-order valence-electron chi connectivity index (χ3n) is 2.70. The van der Waals surface area contributed by atoms with Gasteiger partial charge in [-0.3, -0.25) is 4.79 Å². The standard InChI is InChI=1S/C10H17NO5/c1-10(2,15-3)9(14)11-4-5-16-6-7(11)8(12)13/h7H,4-6H2,1-3H3,(H,12,13). The molecule has 1 saturated heterocycles. The molecule has 1 heterocycles. The summed E-state index contributed by atoms with van der Waals surface area (Å²) in [7, 11) is 1.42. The second-order valence-electron chi connectivity index (χ2n) is 4.14. The fraction of sp³-hybridized carbons (Fsp3) is 0.800. The van der Waals surface area contributed by atoms with Gasteiger partial charge in [-0.1, -0.05) is 0 Å².